The maximum atomic E-state index is 10.5. The van der Waals surface area contributed by atoms with Crippen LogP contribution < -0.4 is 0 Å². The zero-order chi connectivity index (χ0) is 14.2. The normalized spacial score (nSPS) is 30.9. The third kappa shape index (κ3) is 2.42. The van der Waals surface area contributed by atoms with Crippen molar-refractivity contribution < 1.29 is 29.3 Å². The molecule has 2 aliphatic carbocycles. The Labute approximate surface area is 107 Å². The summed E-state index contributed by atoms with van der Waals surface area (Å²) in [5.41, 5.74) is 0. The van der Waals surface area contributed by atoms with Crippen molar-refractivity contribution >= 4 is 24.1 Å². The molecule has 8 nitrogen and oxygen atoms in total. The van der Waals surface area contributed by atoms with Gasteiger partial charge in [-0.15, -0.1) is 0 Å². The van der Waals surface area contributed by atoms with Crippen molar-refractivity contribution in [2.24, 2.45) is 23.7 Å². The minimum absolute atomic E-state index is 0.125. The molecule has 1 fully saturated rings. The van der Waals surface area contributed by atoms with Crippen LogP contribution in [0, 0.1) is 34.5 Å². The molecule has 0 aromatic rings. The number of fused-ring (bicyclic) bond motifs is 2. The maximum Gasteiger partial charge on any atom is 0.512 e. The number of carboxylic acid groups (broad SMARTS) is 2. The molecule has 102 valence electrons. The highest BCUT2D eigenvalue weighted by atomic mass is 16.7. The summed E-state index contributed by atoms with van der Waals surface area (Å²) in [7, 11) is 0. The highest BCUT2D eigenvalue weighted by Gasteiger charge is 2.51. The summed E-state index contributed by atoms with van der Waals surface area (Å²) in [5.74, 6) is -2.55. The number of carbonyl (C=O) groups is 2. The summed E-state index contributed by atoms with van der Waals surface area (Å²) >= 11 is 0. The molecule has 1 saturated carbocycles. The van der Waals surface area contributed by atoms with E-state index in [9.17, 15) is 9.59 Å². The topological polar surface area (TPSA) is 141 Å². The lowest BCUT2D eigenvalue weighted by Gasteiger charge is -2.26. The second kappa shape index (κ2) is 4.71. The van der Waals surface area contributed by atoms with E-state index in [2.05, 4.69) is 9.47 Å². The van der Waals surface area contributed by atoms with Crippen molar-refractivity contribution in [3.8, 4) is 0 Å². The van der Waals surface area contributed by atoms with Crippen LogP contribution >= 0.6 is 0 Å². The summed E-state index contributed by atoms with van der Waals surface area (Å²) in [6.45, 7) is 0. The van der Waals surface area contributed by atoms with Crippen molar-refractivity contribution in [2.75, 3.05) is 0 Å². The van der Waals surface area contributed by atoms with Gasteiger partial charge in [0.25, 0.3) is 0 Å². The van der Waals surface area contributed by atoms with Crippen molar-refractivity contribution in [3.05, 3.63) is 12.2 Å². The Bertz CT molecular complexity index is 444. The molecule has 4 N–H and O–H groups in total. The van der Waals surface area contributed by atoms with E-state index in [-0.39, 0.29) is 11.8 Å². The molecule has 0 aliphatic heterocycles. The van der Waals surface area contributed by atoms with E-state index < -0.39 is 35.9 Å². The minimum atomic E-state index is -1.60. The monoisotopic (exact) mass is 268 g/mol. The lowest BCUT2D eigenvalue weighted by Crippen LogP contribution is -2.36. The molecule has 0 radical (unpaired) electrons. The van der Waals surface area contributed by atoms with E-state index in [0.29, 0.717) is 6.42 Å². The molecule has 2 rings (SSSR count). The largest absolute Gasteiger partial charge is 0.512 e. The Hall–Kier alpha value is -2.38. The molecule has 8 heteroatoms. The van der Waals surface area contributed by atoms with E-state index in [4.69, 9.17) is 21.0 Å². The lowest BCUT2D eigenvalue weighted by molar-refractivity contribution is 0.128. The van der Waals surface area contributed by atoms with Gasteiger partial charge in [-0.1, -0.05) is 12.2 Å². The first-order valence-corrected chi connectivity index (χ1v) is 5.57. The van der Waals surface area contributed by atoms with Gasteiger partial charge in [0.15, 0.2) is 11.8 Å². The first-order valence-electron chi connectivity index (χ1n) is 5.57. The Balaban J connectivity index is 2.18. The Morgan fingerprint density at radius 1 is 0.947 bits per heavy atom. The number of nitrogens with one attached hydrogen (secondary N) is 2. The second-order valence-corrected chi connectivity index (χ2v) is 4.46. The summed E-state index contributed by atoms with van der Waals surface area (Å²) in [6, 6.07) is 0. The van der Waals surface area contributed by atoms with Gasteiger partial charge in [0.2, 0.25) is 0 Å². The van der Waals surface area contributed by atoms with Gasteiger partial charge in [0, 0.05) is 0 Å². The zero-order valence-electron chi connectivity index (χ0n) is 9.70. The molecule has 0 spiro atoms. The first kappa shape index (κ1) is 13.1. The predicted molar refractivity (Wildman–Crippen MR) is 61.4 cm³/mol. The van der Waals surface area contributed by atoms with Crippen LogP contribution in [0.5, 0.6) is 0 Å². The van der Waals surface area contributed by atoms with E-state index >= 15 is 0 Å². The second-order valence-electron chi connectivity index (χ2n) is 4.46. The van der Waals surface area contributed by atoms with Gasteiger partial charge >= 0.3 is 12.3 Å². The fourth-order valence-corrected chi connectivity index (χ4v) is 2.86. The van der Waals surface area contributed by atoms with Gasteiger partial charge < -0.3 is 19.7 Å². The van der Waals surface area contributed by atoms with Gasteiger partial charge in [-0.05, 0) is 18.3 Å². The van der Waals surface area contributed by atoms with Crippen LogP contribution in [-0.2, 0) is 9.47 Å². The van der Waals surface area contributed by atoms with E-state index in [1.165, 1.54) is 0 Å². The molecule has 2 aliphatic rings. The van der Waals surface area contributed by atoms with Crippen LogP contribution in [0.15, 0.2) is 12.2 Å². The average Bonchev–Trinajstić information content (AvgIpc) is 2.85. The highest BCUT2D eigenvalue weighted by molar-refractivity contribution is 5.93. The molecular formula is C11H12N2O6. The molecule has 4 unspecified atom stereocenters. The van der Waals surface area contributed by atoms with Crippen molar-refractivity contribution in [2.45, 2.75) is 6.42 Å². The third-order valence-corrected chi connectivity index (χ3v) is 3.46. The van der Waals surface area contributed by atoms with Crippen molar-refractivity contribution in [1.82, 2.24) is 0 Å². The summed E-state index contributed by atoms with van der Waals surface area (Å²) in [4.78, 5) is 20.9. The maximum absolute atomic E-state index is 10.5. The van der Waals surface area contributed by atoms with Crippen LogP contribution in [0.2, 0.25) is 0 Å². The Morgan fingerprint density at radius 2 is 1.32 bits per heavy atom. The summed E-state index contributed by atoms with van der Waals surface area (Å²) < 4.78 is 8.68. The van der Waals surface area contributed by atoms with Crippen LogP contribution in [0.3, 0.4) is 0 Å². The van der Waals surface area contributed by atoms with Gasteiger partial charge in [-0.3, -0.25) is 10.8 Å². The van der Waals surface area contributed by atoms with Gasteiger partial charge in [-0.25, -0.2) is 9.59 Å². The number of rotatable bonds is 2. The number of hydrogen-bond donors (Lipinski definition) is 4. The van der Waals surface area contributed by atoms with Crippen LogP contribution in [-0.4, -0.2) is 34.3 Å². The minimum Gasteiger partial charge on any atom is -0.449 e. The van der Waals surface area contributed by atoms with Crippen molar-refractivity contribution in [1.29, 1.82) is 10.8 Å². The summed E-state index contributed by atoms with van der Waals surface area (Å²) in [5, 5.41) is 32.3. The molecule has 19 heavy (non-hydrogen) atoms. The molecule has 0 aromatic carbocycles. The summed E-state index contributed by atoms with van der Waals surface area (Å²) in [6.07, 6.45) is 1.10. The molecule has 0 amide bonds. The highest BCUT2D eigenvalue weighted by Crippen LogP contribution is 2.49. The van der Waals surface area contributed by atoms with Gasteiger partial charge in [0.1, 0.15) is 0 Å². The zero-order valence-corrected chi connectivity index (χ0v) is 9.70. The Morgan fingerprint density at radius 3 is 1.63 bits per heavy atom. The molecule has 2 bridgehead atoms. The lowest BCUT2D eigenvalue weighted by atomic mass is 9.82. The van der Waals surface area contributed by atoms with E-state index in [0.717, 1.165) is 0 Å². The standard InChI is InChI=1S/C11H12N2O6/c12-8(18-10(14)15)6-4-1-2-5(3-4)7(6)9(13)19-11(16)17/h1-2,4-7,12-13H,3H2,(H,14,15)(H,16,17). The van der Waals surface area contributed by atoms with Crippen LogP contribution in [0.25, 0.3) is 0 Å². The predicted octanol–water partition coefficient (Wildman–Crippen LogP) is 1.77. The molecular weight excluding hydrogens is 256 g/mol. The average molecular weight is 268 g/mol. The molecule has 0 aromatic heterocycles. The molecule has 0 heterocycles. The van der Waals surface area contributed by atoms with Crippen molar-refractivity contribution in [3.63, 3.8) is 0 Å². The van der Waals surface area contributed by atoms with Gasteiger partial charge in [-0.2, -0.15) is 0 Å². The number of hydrogen-bond acceptors (Lipinski definition) is 6. The first-order chi connectivity index (χ1) is 8.90. The number of allylic oxidation sites excluding steroid dienone is 2. The van der Waals surface area contributed by atoms with E-state index in [1.807, 2.05) is 12.2 Å². The Kier molecular flexibility index (Phi) is 3.24. The quantitative estimate of drug-likeness (QED) is 0.260. The number of ether oxygens (including phenoxy) is 2. The third-order valence-electron chi connectivity index (χ3n) is 3.46. The molecule has 0 saturated heterocycles. The molecule has 4 atom stereocenters. The van der Waals surface area contributed by atoms with Crippen LogP contribution in [0.4, 0.5) is 9.59 Å². The fourth-order valence-electron chi connectivity index (χ4n) is 2.86. The van der Waals surface area contributed by atoms with Crippen LogP contribution in [0.1, 0.15) is 6.42 Å². The van der Waals surface area contributed by atoms with E-state index in [1.54, 1.807) is 0 Å². The fraction of sp³-hybridized carbons (Fsp3) is 0.455. The smallest absolute Gasteiger partial charge is 0.449 e. The van der Waals surface area contributed by atoms with Gasteiger partial charge in [0.05, 0.1) is 11.8 Å². The SMILES string of the molecule is N=C(OC(=O)O)C1C2C=CC(C2)C1C(=N)OC(=O)O.